The summed E-state index contributed by atoms with van der Waals surface area (Å²) in [6, 6.07) is 4.37. The molecule has 0 aliphatic carbocycles. The van der Waals surface area contributed by atoms with Crippen LogP contribution in [0.3, 0.4) is 0 Å². The zero-order valence-electron chi connectivity index (χ0n) is 13.1. The number of pyridine rings is 1. The number of hydrogen-bond donors (Lipinski definition) is 1. The number of rotatable bonds is 5. The number of nitrogens with one attached hydrogen (secondary N) is 1. The Hall–Kier alpha value is -1.13. The van der Waals surface area contributed by atoms with Crippen LogP contribution in [0.1, 0.15) is 38.4 Å². The molecule has 1 aliphatic heterocycles. The Morgan fingerprint density at radius 2 is 2.00 bits per heavy atom. The van der Waals surface area contributed by atoms with E-state index < -0.39 is 0 Å². The maximum Gasteiger partial charge on any atom is 0.129 e. The number of aryl methyl sites for hydroxylation is 1. The standard InChI is InChI=1S/C16H27N3O/c1-5-6-17-9-15-7-12(2)18-16(8-15)19-10-13(3)20-14(4)11-19/h7-8,13-14,17H,5-6,9-11H2,1-4H3/t13-,14+. The summed E-state index contributed by atoms with van der Waals surface area (Å²) < 4.78 is 5.80. The maximum atomic E-state index is 5.80. The van der Waals surface area contributed by atoms with E-state index in [1.54, 1.807) is 0 Å². The number of aromatic nitrogens is 1. The lowest BCUT2D eigenvalue weighted by Gasteiger charge is -2.36. The van der Waals surface area contributed by atoms with Gasteiger partial charge >= 0.3 is 0 Å². The van der Waals surface area contributed by atoms with Gasteiger partial charge in [-0.1, -0.05) is 6.92 Å². The fraction of sp³-hybridized carbons (Fsp3) is 0.688. The molecular weight excluding hydrogens is 250 g/mol. The number of ether oxygens (including phenoxy) is 1. The average molecular weight is 277 g/mol. The van der Waals surface area contributed by atoms with Crippen molar-refractivity contribution in [1.29, 1.82) is 0 Å². The SMILES string of the molecule is CCCNCc1cc(C)nc(N2C[C@@H](C)O[C@@H](C)C2)c1. The molecule has 0 bridgehead atoms. The Bertz CT molecular complexity index is 426. The van der Waals surface area contributed by atoms with Gasteiger partial charge in [-0.3, -0.25) is 0 Å². The first-order valence-corrected chi connectivity index (χ1v) is 7.67. The van der Waals surface area contributed by atoms with Crippen LogP contribution in [0.15, 0.2) is 12.1 Å². The van der Waals surface area contributed by atoms with Crippen molar-refractivity contribution in [1.82, 2.24) is 10.3 Å². The minimum atomic E-state index is 0.266. The van der Waals surface area contributed by atoms with E-state index in [-0.39, 0.29) is 12.2 Å². The van der Waals surface area contributed by atoms with Gasteiger partial charge in [0.1, 0.15) is 5.82 Å². The van der Waals surface area contributed by atoms with E-state index >= 15 is 0 Å². The second-order valence-electron chi connectivity index (χ2n) is 5.81. The second-order valence-corrected chi connectivity index (χ2v) is 5.81. The molecule has 1 saturated heterocycles. The molecule has 112 valence electrons. The van der Waals surface area contributed by atoms with Crippen LogP contribution in [0, 0.1) is 6.92 Å². The van der Waals surface area contributed by atoms with Crippen molar-refractivity contribution in [2.75, 3.05) is 24.5 Å². The third kappa shape index (κ3) is 4.18. The van der Waals surface area contributed by atoms with Gasteiger partial charge in [-0.25, -0.2) is 4.98 Å². The van der Waals surface area contributed by atoms with Gasteiger partial charge < -0.3 is 15.0 Å². The molecule has 0 amide bonds. The Labute approximate surface area is 122 Å². The average Bonchev–Trinajstić information content (AvgIpc) is 2.37. The minimum absolute atomic E-state index is 0.266. The topological polar surface area (TPSA) is 37.4 Å². The van der Waals surface area contributed by atoms with Crippen LogP contribution >= 0.6 is 0 Å². The van der Waals surface area contributed by atoms with Crippen LogP contribution in [-0.2, 0) is 11.3 Å². The summed E-state index contributed by atoms with van der Waals surface area (Å²) in [6.07, 6.45) is 1.69. The summed E-state index contributed by atoms with van der Waals surface area (Å²) in [4.78, 5) is 7.04. The molecule has 0 spiro atoms. The van der Waals surface area contributed by atoms with Crippen molar-refractivity contribution >= 4 is 5.82 Å². The predicted molar refractivity (Wildman–Crippen MR) is 83.2 cm³/mol. The quantitative estimate of drug-likeness (QED) is 0.839. The number of morpholine rings is 1. The molecule has 2 heterocycles. The Balaban J connectivity index is 2.10. The van der Waals surface area contributed by atoms with Crippen LogP contribution < -0.4 is 10.2 Å². The van der Waals surface area contributed by atoms with Crippen molar-refractivity contribution in [2.24, 2.45) is 0 Å². The molecule has 20 heavy (non-hydrogen) atoms. The van der Waals surface area contributed by atoms with Crippen LogP contribution in [0.2, 0.25) is 0 Å². The molecule has 0 saturated carbocycles. The fourth-order valence-electron chi connectivity index (χ4n) is 2.76. The first-order chi connectivity index (χ1) is 9.58. The summed E-state index contributed by atoms with van der Waals surface area (Å²) in [6.45, 7) is 12.3. The van der Waals surface area contributed by atoms with Crippen molar-refractivity contribution in [3.05, 3.63) is 23.4 Å². The zero-order valence-corrected chi connectivity index (χ0v) is 13.1. The largest absolute Gasteiger partial charge is 0.372 e. The van der Waals surface area contributed by atoms with Crippen LogP contribution in [0.4, 0.5) is 5.82 Å². The highest BCUT2D eigenvalue weighted by Crippen LogP contribution is 2.20. The Morgan fingerprint density at radius 3 is 2.65 bits per heavy atom. The van der Waals surface area contributed by atoms with E-state index in [1.165, 1.54) is 5.56 Å². The first kappa shape index (κ1) is 15.3. The molecule has 1 N–H and O–H groups in total. The predicted octanol–water partition coefficient (Wildman–Crippen LogP) is 2.50. The molecule has 0 unspecified atom stereocenters. The lowest BCUT2D eigenvalue weighted by Crippen LogP contribution is -2.46. The molecule has 2 rings (SSSR count). The third-order valence-electron chi connectivity index (χ3n) is 3.50. The maximum absolute atomic E-state index is 5.80. The van der Waals surface area contributed by atoms with Crippen molar-refractivity contribution < 1.29 is 4.74 Å². The smallest absolute Gasteiger partial charge is 0.129 e. The Morgan fingerprint density at radius 1 is 1.30 bits per heavy atom. The van der Waals surface area contributed by atoms with Crippen molar-refractivity contribution in [3.8, 4) is 0 Å². The van der Waals surface area contributed by atoms with E-state index in [4.69, 9.17) is 9.72 Å². The molecule has 0 aromatic carbocycles. The van der Waals surface area contributed by atoms with Gasteiger partial charge in [0.25, 0.3) is 0 Å². The highest BCUT2D eigenvalue weighted by molar-refractivity contribution is 5.43. The first-order valence-electron chi connectivity index (χ1n) is 7.67. The van der Waals surface area contributed by atoms with E-state index in [2.05, 4.69) is 50.0 Å². The van der Waals surface area contributed by atoms with Crippen LogP contribution in [-0.4, -0.2) is 36.8 Å². The zero-order chi connectivity index (χ0) is 14.5. The summed E-state index contributed by atoms with van der Waals surface area (Å²) in [7, 11) is 0. The second kappa shape index (κ2) is 7.04. The molecule has 1 aliphatic rings. The van der Waals surface area contributed by atoms with Gasteiger partial charge in [0.15, 0.2) is 0 Å². The molecular formula is C16H27N3O. The van der Waals surface area contributed by atoms with Crippen LogP contribution in [0.25, 0.3) is 0 Å². The van der Waals surface area contributed by atoms with E-state index in [0.29, 0.717) is 0 Å². The van der Waals surface area contributed by atoms with Crippen molar-refractivity contribution in [3.63, 3.8) is 0 Å². The number of nitrogens with zero attached hydrogens (tertiary/aromatic N) is 2. The normalized spacial score (nSPS) is 23.1. The van der Waals surface area contributed by atoms with Gasteiger partial charge in [-0.2, -0.15) is 0 Å². The summed E-state index contributed by atoms with van der Waals surface area (Å²) in [5, 5.41) is 3.46. The molecule has 0 radical (unpaired) electrons. The molecule has 1 aromatic rings. The van der Waals surface area contributed by atoms with Gasteiger partial charge in [0, 0.05) is 25.3 Å². The van der Waals surface area contributed by atoms with Gasteiger partial charge in [0.2, 0.25) is 0 Å². The van der Waals surface area contributed by atoms with Crippen LogP contribution in [0.5, 0.6) is 0 Å². The van der Waals surface area contributed by atoms with Gasteiger partial charge in [-0.15, -0.1) is 0 Å². The number of anilines is 1. The number of hydrogen-bond acceptors (Lipinski definition) is 4. The van der Waals surface area contributed by atoms with E-state index in [0.717, 1.165) is 44.1 Å². The van der Waals surface area contributed by atoms with E-state index in [1.807, 2.05) is 0 Å². The van der Waals surface area contributed by atoms with E-state index in [9.17, 15) is 0 Å². The monoisotopic (exact) mass is 277 g/mol. The minimum Gasteiger partial charge on any atom is -0.372 e. The molecule has 4 nitrogen and oxygen atoms in total. The summed E-state index contributed by atoms with van der Waals surface area (Å²) >= 11 is 0. The van der Waals surface area contributed by atoms with Crippen molar-refractivity contribution in [2.45, 2.75) is 52.9 Å². The summed E-state index contributed by atoms with van der Waals surface area (Å²) in [5.41, 5.74) is 2.40. The van der Waals surface area contributed by atoms with Gasteiger partial charge in [0.05, 0.1) is 12.2 Å². The highest BCUT2D eigenvalue weighted by Gasteiger charge is 2.23. The third-order valence-corrected chi connectivity index (χ3v) is 3.50. The van der Waals surface area contributed by atoms with Gasteiger partial charge in [-0.05, 0) is 51.4 Å². The molecule has 1 aromatic heterocycles. The lowest BCUT2D eigenvalue weighted by atomic mass is 10.2. The Kier molecular flexibility index (Phi) is 5.38. The fourth-order valence-corrected chi connectivity index (χ4v) is 2.76. The molecule has 4 heteroatoms. The lowest BCUT2D eigenvalue weighted by molar-refractivity contribution is -0.00547. The summed E-state index contributed by atoms with van der Waals surface area (Å²) in [5.74, 6) is 1.08. The molecule has 1 fully saturated rings. The molecule has 2 atom stereocenters. The highest BCUT2D eigenvalue weighted by atomic mass is 16.5.